The number of nitrogens with zero attached hydrogens (tertiary/aromatic N) is 6. The van der Waals surface area contributed by atoms with E-state index < -0.39 is 187 Å². The van der Waals surface area contributed by atoms with Crippen LogP contribution in [0.5, 0.6) is 0 Å². The van der Waals surface area contributed by atoms with Gasteiger partial charge in [0.25, 0.3) is 0 Å². The van der Waals surface area contributed by atoms with E-state index in [4.69, 9.17) is 66.4 Å². The van der Waals surface area contributed by atoms with E-state index in [1.54, 1.807) is 0 Å². The van der Waals surface area contributed by atoms with Crippen LogP contribution in [0, 0.1) is 0 Å². The number of carboxylic acid groups (broad SMARTS) is 15. The molecular weight excluding hydrogens is 1080 g/mol. The standard InChI is InChI=1S/3C10H16N2O8.C6H8O7.3Na/c3*13-7(14)3-11(4-8(15)16)1-2-12(5-9(17)18)6-10(19)20;7-3(8)1-6(13,5(11)12)2-4(9)10;;;/h3*1-6H2,(H,13,14)(H,15,16)(H,17,18)(H,19,20);13H,1-2H2,(H,7,8)(H,9,10)(H,11,12);;;/q;;;;3*+1/p-3. The zero-order valence-electron chi connectivity index (χ0n) is 41.0. The van der Waals surface area contributed by atoms with Gasteiger partial charge in [-0.2, -0.15) is 0 Å². The molecule has 0 atom stereocenters. The molecule has 0 aliphatic rings. The van der Waals surface area contributed by atoms with Crippen LogP contribution in [0.25, 0.3) is 0 Å². The molecule has 0 saturated carbocycles. The van der Waals surface area contributed by atoms with Crippen molar-refractivity contribution < 1.29 is 242 Å². The molecule has 0 unspecified atom stereocenters. The van der Waals surface area contributed by atoms with E-state index >= 15 is 0 Å². The molecule has 0 saturated heterocycles. The Morgan fingerprint density at radius 3 is 0.434 bits per heavy atom. The van der Waals surface area contributed by atoms with Crippen molar-refractivity contribution in [3.63, 3.8) is 0 Å². The molecule has 40 heteroatoms. The fourth-order valence-corrected chi connectivity index (χ4v) is 5.11. The second-order valence-electron chi connectivity index (χ2n) is 14.4. The molecule has 0 amide bonds. The number of aliphatic carboxylic acids is 15. The third-order valence-corrected chi connectivity index (χ3v) is 7.76. The minimum Gasteiger partial charge on any atom is -0.550 e. The van der Waals surface area contributed by atoms with Crippen molar-refractivity contribution in [2.45, 2.75) is 18.4 Å². The number of rotatable bonds is 38. The van der Waals surface area contributed by atoms with Crippen LogP contribution in [0.1, 0.15) is 12.8 Å². The Morgan fingerprint density at radius 1 is 0.263 bits per heavy atom. The predicted octanol–water partition coefficient (Wildman–Crippen LogP) is -20.5. The molecule has 0 spiro atoms. The van der Waals surface area contributed by atoms with Crippen LogP contribution in [0.3, 0.4) is 0 Å². The number of aliphatic hydroxyl groups is 1. The van der Waals surface area contributed by atoms with E-state index in [9.17, 15) is 87.2 Å². The van der Waals surface area contributed by atoms with Crippen LogP contribution in [-0.2, 0) is 71.9 Å². The SMILES string of the molecule is O=C(O)CN(CCN(CC(=O)O)CC(=O)O)CC(=O)O.O=C(O)CN(CCN(CC(=O)O)CC(=O)O)CC(=O)O.O=C(O)CN(CCN(CC(=O)O)CC(=O)O)CC(=O)O.O=C([O-])CC(O)(CC(=O)[O-])C(=O)[O-].[Na+].[Na+].[Na+]. The third kappa shape index (κ3) is 58.0. The summed E-state index contributed by atoms with van der Waals surface area (Å²) in [6.07, 6.45) is -2.72. The molecular formula is C36H53N6Na3O31. The minimum atomic E-state index is -2.97. The van der Waals surface area contributed by atoms with Gasteiger partial charge >= 0.3 is 160 Å². The van der Waals surface area contributed by atoms with Gasteiger partial charge < -0.3 is 96.1 Å². The molecule has 37 nitrogen and oxygen atoms in total. The first-order valence-corrected chi connectivity index (χ1v) is 19.7. The van der Waals surface area contributed by atoms with E-state index in [-0.39, 0.29) is 128 Å². The molecule has 0 rings (SSSR count). The molecule has 0 aliphatic carbocycles. The largest absolute Gasteiger partial charge is 1.00 e. The molecule has 76 heavy (non-hydrogen) atoms. The Morgan fingerprint density at radius 2 is 0.368 bits per heavy atom. The average Bonchev–Trinajstić information content (AvgIpc) is 3.15. The average molecular weight is 1130 g/mol. The van der Waals surface area contributed by atoms with Gasteiger partial charge in [-0.1, -0.05) is 0 Å². The smallest absolute Gasteiger partial charge is 0.550 e. The second kappa shape index (κ2) is 47.0. The number of hydrogen-bond acceptors (Lipinski definition) is 25. The Hall–Kier alpha value is -5.23. The van der Waals surface area contributed by atoms with Crippen molar-refractivity contribution in [1.29, 1.82) is 0 Å². The first-order chi connectivity index (χ1) is 33.4. The molecule has 13 N–H and O–H groups in total. The molecule has 0 bridgehead atoms. The molecule has 0 aliphatic heterocycles. The van der Waals surface area contributed by atoms with Gasteiger partial charge in [0.05, 0.1) is 84.5 Å². The topological polar surface area (TPSA) is 608 Å². The van der Waals surface area contributed by atoms with Gasteiger partial charge in [-0.25, -0.2) is 0 Å². The first-order valence-electron chi connectivity index (χ1n) is 19.7. The summed E-state index contributed by atoms with van der Waals surface area (Å²) in [7, 11) is 0. The van der Waals surface area contributed by atoms with Crippen molar-refractivity contribution in [3.8, 4) is 0 Å². The Balaban J connectivity index is -0.000000167. The molecule has 0 fully saturated rings. The fourth-order valence-electron chi connectivity index (χ4n) is 5.11. The second-order valence-corrected chi connectivity index (χ2v) is 14.4. The molecule has 0 heterocycles. The minimum absolute atomic E-state index is 0. The van der Waals surface area contributed by atoms with Crippen LogP contribution in [-0.4, -0.2) is 309 Å². The quantitative estimate of drug-likeness (QED) is 0.0255. The van der Waals surface area contributed by atoms with Crippen molar-refractivity contribution >= 4 is 89.5 Å². The maximum atomic E-state index is 10.6. The van der Waals surface area contributed by atoms with Gasteiger partial charge in [0, 0.05) is 64.0 Å². The number of carbonyl (C=O) groups is 15. The van der Waals surface area contributed by atoms with Crippen LogP contribution < -0.4 is 104 Å². The molecule has 0 aromatic rings. The summed E-state index contributed by atoms with van der Waals surface area (Å²) < 4.78 is 0. The van der Waals surface area contributed by atoms with Gasteiger partial charge in [-0.05, 0) is 0 Å². The Bertz CT molecular complexity index is 1560. The van der Waals surface area contributed by atoms with Crippen molar-refractivity contribution in [3.05, 3.63) is 0 Å². The third-order valence-electron chi connectivity index (χ3n) is 7.76. The van der Waals surface area contributed by atoms with Gasteiger partial charge in [0.15, 0.2) is 0 Å². The summed E-state index contributed by atoms with van der Waals surface area (Å²) in [5.74, 6) is -20.7. The maximum Gasteiger partial charge on any atom is 1.00 e. The van der Waals surface area contributed by atoms with Gasteiger partial charge in [0.1, 0.15) is 5.60 Å². The van der Waals surface area contributed by atoms with E-state index in [1.165, 1.54) is 0 Å². The normalized spacial score (nSPS) is 10.3. The Kier molecular flexibility index (Phi) is 52.4. The zero-order chi connectivity index (χ0) is 57.8. The van der Waals surface area contributed by atoms with E-state index in [1.807, 2.05) is 0 Å². The summed E-state index contributed by atoms with van der Waals surface area (Å²) in [6.45, 7) is -6.75. The van der Waals surface area contributed by atoms with Gasteiger partial charge in [-0.3, -0.25) is 86.9 Å². The van der Waals surface area contributed by atoms with E-state index in [2.05, 4.69) is 0 Å². The number of carboxylic acids is 15. The molecule has 0 aromatic heterocycles. The van der Waals surface area contributed by atoms with Crippen molar-refractivity contribution in [1.82, 2.24) is 29.4 Å². The fraction of sp³-hybridized carbons (Fsp3) is 0.583. The van der Waals surface area contributed by atoms with E-state index in [0.717, 1.165) is 29.4 Å². The molecule has 416 valence electrons. The summed E-state index contributed by atoms with van der Waals surface area (Å²) in [6, 6.07) is 0. The van der Waals surface area contributed by atoms with Crippen molar-refractivity contribution in [2.75, 3.05) is 118 Å². The Labute approximate surface area is 493 Å². The summed E-state index contributed by atoms with van der Waals surface area (Å²) in [5.41, 5.74) is -2.97. The maximum absolute atomic E-state index is 10.6. The summed E-state index contributed by atoms with van der Waals surface area (Å²) in [4.78, 5) is 163. The first kappa shape index (κ1) is 84.7. The number of carbonyl (C=O) groups excluding carboxylic acids is 3. The van der Waals surface area contributed by atoms with Gasteiger partial charge in [-0.15, -0.1) is 0 Å². The van der Waals surface area contributed by atoms with Crippen LogP contribution in [0.4, 0.5) is 0 Å². The molecule has 0 radical (unpaired) electrons. The van der Waals surface area contributed by atoms with Crippen LogP contribution in [0.15, 0.2) is 0 Å². The molecule has 0 aromatic carbocycles. The van der Waals surface area contributed by atoms with E-state index in [0.29, 0.717) is 0 Å². The monoisotopic (exact) mass is 1130 g/mol. The summed E-state index contributed by atoms with van der Waals surface area (Å²) in [5, 5.41) is 142. The van der Waals surface area contributed by atoms with Crippen LogP contribution >= 0.6 is 0 Å². The van der Waals surface area contributed by atoms with Crippen molar-refractivity contribution in [2.24, 2.45) is 0 Å². The summed E-state index contributed by atoms with van der Waals surface area (Å²) >= 11 is 0. The predicted molar refractivity (Wildman–Crippen MR) is 219 cm³/mol. The zero-order valence-corrected chi connectivity index (χ0v) is 47.0. The van der Waals surface area contributed by atoms with Crippen LogP contribution in [0.2, 0.25) is 0 Å². The van der Waals surface area contributed by atoms with Gasteiger partial charge in [0.2, 0.25) is 0 Å². The number of hydrogen-bond donors (Lipinski definition) is 13.